The standard InChI is InChI=1S/C8H14O2S/c1-6(2)10-8(11)7-4-3-5-9-7/h6-7H,3-5H2,1-2H3/t7-/m1/s1. The van der Waals surface area contributed by atoms with Gasteiger partial charge in [0.1, 0.15) is 6.10 Å². The Morgan fingerprint density at radius 2 is 2.36 bits per heavy atom. The molecule has 0 unspecified atom stereocenters. The predicted molar refractivity (Wildman–Crippen MR) is 47.8 cm³/mol. The zero-order valence-corrected chi connectivity index (χ0v) is 7.82. The highest BCUT2D eigenvalue weighted by Crippen LogP contribution is 2.15. The van der Waals surface area contributed by atoms with E-state index in [0.29, 0.717) is 5.05 Å². The third-order valence-corrected chi connectivity index (χ3v) is 1.90. The average molecular weight is 174 g/mol. The normalized spacial score (nSPS) is 24.1. The summed E-state index contributed by atoms with van der Waals surface area (Å²) in [5, 5.41) is 0.623. The van der Waals surface area contributed by atoms with Gasteiger partial charge in [0, 0.05) is 6.61 Å². The number of hydrogen-bond acceptors (Lipinski definition) is 3. The molecule has 64 valence electrons. The van der Waals surface area contributed by atoms with E-state index < -0.39 is 0 Å². The van der Waals surface area contributed by atoms with E-state index in [1.54, 1.807) is 0 Å². The third kappa shape index (κ3) is 2.75. The smallest absolute Gasteiger partial charge is 0.189 e. The fourth-order valence-corrected chi connectivity index (χ4v) is 1.45. The van der Waals surface area contributed by atoms with Gasteiger partial charge in [-0.3, -0.25) is 0 Å². The van der Waals surface area contributed by atoms with Crippen LogP contribution in [0.3, 0.4) is 0 Å². The molecule has 0 spiro atoms. The largest absolute Gasteiger partial charge is 0.482 e. The second-order valence-corrected chi connectivity index (χ2v) is 3.39. The van der Waals surface area contributed by atoms with Gasteiger partial charge in [-0.1, -0.05) is 0 Å². The van der Waals surface area contributed by atoms with Crippen LogP contribution in [0.5, 0.6) is 0 Å². The van der Waals surface area contributed by atoms with Crippen LogP contribution in [0.2, 0.25) is 0 Å². The van der Waals surface area contributed by atoms with Gasteiger partial charge in [-0.2, -0.15) is 0 Å². The molecule has 1 rings (SSSR count). The van der Waals surface area contributed by atoms with Gasteiger partial charge in [-0.25, -0.2) is 0 Å². The van der Waals surface area contributed by atoms with Gasteiger partial charge >= 0.3 is 0 Å². The van der Waals surface area contributed by atoms with Crippen molar-refractivity contribution in [2.24, 2.45) is 0 Å². The Balaban J connectivity index is 2.28. The minimum Gasteiger partial charge on any atom is -0.482 e. The molecule has 2 nitrogen and oxygen atoms in total. The highest BCUT2D eigenvalue weighted by atomic mass is 32.1. The van der Waals surface area contributed by atoms with Crippen molar-refractivity contribution in [1.82, 2.24) is 0 Å². The number of rotatable bonds is 2. The van der Waals surface area contributed by atoms with Crippen LogP contribution in [0.1, 0.15) is 26.7 Å². The molecule has 0 aromatic heterocycles. The molecule has 1 fully saturated rings. The molecule has 1 atom stereocenters. The summed E-state index contributed by atoms with van der Waals surface area (Å²) in [6, 6.07) is 0. The van der Waals surface area contributed by atoms with Crippen molar-refractivity contribution in [3.63, 3.8) is 0 Å². The lowest BCUT2D eigenvalue weighted by molar-refractivity contribution is 0.122. The van der Waals surface area contributed by atoms with Crippen molar-refractivity contribution in [3.8, 4) is 0 Å². The molecule has 0 bridgehead atoms. The first-order chi connectivity index (χ1) is 5.20. The Labute approximate surface area is 72.9 Å². The first-order valence-corrected chi connectivity index (χ1v) is 4.43. The molecule has 0 aromatic rings. The topological polar surface area (TPSA) is 18.5 Å². The average Bonchev–Trinajstić information content (AvgIpc) is 2.35. The van der Waals surface area contributed by atoms with Crippen LogP contribution in [-0.2, 0) is 9.47 Å². The zero-order valence-electron chi connectivity index (χ0n) is 7.00. The van der Waals surface area contributed by atoms with E-state index in [4.69, 9.17) is 21.7 Å². The fourth-order valence-electron chi connectivity index (χ4n) is 1.07. The molecule has 0 aromatic carbocycles. The molecule has 1 heterocycles. The van der Waals surface area contributed by atoms with Gasteiger partial charge in [-0.05, 0) is 38.9 Å². The molecule has 1 aliphatic heterocycles. The van der Waals surface area contributed by atoms with Crippen LogP contribution in [0, 0.1) is 0 Å². The van der Waals surface area contributed by atoms with Crippen molar-refractivity contribution < 1.29 is 9.47 Å². The fraction of sp³-hybridized carbons (Fsp3) is 0.875. The number of hydrogen-bond donors (Lipinski definition) is 0. The molecule has 1 aliphatic rings. The minimum absolute atomic E-state index is 0.0763. The number of ether oxygens (including phenoxy) is 2. The molecule has 11 heavy (non-hydrogen) atoms. The molecule has 1 saturated heterocycles. The number of thiocarbonyl (C=S) groups is 1. The third-order valence-electron chi connectivity index (χ3n) is 1.54. The van der Waals surface area contributed by atoms with Gasteiger partial charge in [0.15, 0.2) is 5.05 Å². The zero-order chi connectivity index (χ0) is 8.27. The maximum absolute atomic E-state index is 5.35. The van der Waals surface area contributed by atoms with E-state index in [1.165, 1.54) is 0 Å². The second-order valence-electron chi connectivity index (χ2n) is 2.99. The van der Waals surface area contributed by atoms with Crippen molar-refractivity contribution in [2.45, 2.75) is 38.9 Å². The lowest BCUT2D eigenvalue weighted by Crippen LogP contribution is -2.23. The van der Waals surface area contributed by atoms with Crippen LogP contribution in [-0.4, -0.2) is 23.9 Å². The summed E-state index contributed by atoms with van der Waals surface area (Å²) >= 11 is 5.04. The highest BCUT2D eigenvalue weighted by Gasteiger charge is 2.21. The van der Waals surface area contributed by atoms with Crippen molar-refractivity contribution in [2.75, 3.05) is 6.61 Å². The summed E-state index contributed by atoms with van der Waals surface area (Å²) < 4.78 is 10.7. The monoisotopic (exact) mass is 174 g/mol. The summed E-state index contributed by atoms with van der Waals surface area (Å²) in [4.78, 5) is 0. The summed E-state index contributed by atoms with van der Waals surface area (Å²) in [6.45, 7) is 4.77. The minimum atomic E-state index is 0.0763. The van der Waals surface area contributed by atoms with Crippen LogP contribution >= 0.6 is 12.2 Å². The van der Waals surface area contributed by atoms with Gasteiger partial charge < -0.3 is 9.47 Å². The Bertz CT molecular complexity index is 139. The summed E-state index contributed by atoms with van der Waals surface area (Å²) in [5.41, 5.74) is 0. The Morgan fingerprint density at radius 3 is 2.82 bits per heavy atom. The molecular weight excluding hydrogens is 160 g/mol. The highest BCUT2D eigenvalue weighted by molar-refractivity contribution is 7.80. The maximum atomic E-state index is 5.35. The van der Waals surface area contributed by atoms with E-state index in [0.717, 1.165) is 19.4 Å². The molecule has 0 saturated carbocycles. The van der Waals surface area contributed by atoms with Crippen molar-refractivity contribution >= 4 is 17.3 Å². The van der Waals surface area contributed by atoms with E-state index in [-0.39, 0.29) is 12.2 Å². The van der Waals surface area contributed by atoms with Crippen molar-refractivity contribution in [3.05, 3.63) is 0 Å². The van der Waals surface area contributed by atoms with Crippen molar-refractivity contribution in [1.29, 1.82) is 0 Å². The van der Waals surface area contributed by atoms with Gasteiger partial charge in [0.2, 0.25) is 0 Å². The summed E-state index contributed by atoms with van der Waals surface area (Å²) in [6.07, 6.45) is 2.37. The van der Waals surface area contributed by atoms with E-state index in [9.17, 15) is 0 Å². The SMILES string of the molecule is CC(C)OC(=S)[C@H]1CCCO1. The molecule has 0 aliphatic carbocycles. The molecule has 0 amide bonds. The van der Waals surface area contributed by atoms with Crippen LogP contribution in [0.15, 0.2) is 0 Å². The lowest BCUT2D eigenvalue weighted by Gasteiger charge is -2.14. The van der Waals surface area contributed by atoms with Gasteiger partial charge in [0.05, 0.1) is 6.10 Å². The second kappa shape index (κ2) is 4.02. The van der Waals surface area contributed by atoms with E-state index in [2.05, 4.69) is 0 Å². The lowest BCUT2D eigenvalue weighted by atomic mass is 10.2. The Kier molecular flexibility index (Phi) is 3.27. The van der Waals surface area contributed by atoms with Crippen LogP contribution in [0.25, 0.3) is 0 Å². The first kappa shape index (κ1) is 8.94. The van der Waals surface area contributed by atoms with E-state index >= 15 is 0 Å². The quantitative estimate of drug-likeness (QED) is 0.596. The predicted octanol–water partition coefficient (Wildman–Crippen LogP) is 1.92. The summed E-state index contributed by atoms with van der Waals surface area (Å²) in [5.74, 6) is 0. The van der Waals surface area contributed by atoms with E-state index in [1.807, 2.05) is 13.8 Å². The molecule has 0 radical (unpaired) electrons. The Morgan fingerprint density at radius 1 is 1.64 bits per heavy atom. The van der Waals surface area contributed by atoms with Crippen LogP contribution in [0.4, 0.5) is 0 Å². The molecule has 0 N–H and O–H groups in total. The van der Waals surface area contributed by atoms with Gasteiger partial charge in [-0.15, -0.1) is 0 Å². The molecule has 3 heteroatoms. The molecular formula is C8H14O2S. The summed E-state index contributed by atoms with van der Waals surface area (Å²) in [7, 11) is 0. The first-order valence-electron chi connectivity index (χ1n) is 4.02. The van der Waals surface area contributed by atoms with Crippen LogP contribution < -0.4 is 0 Å². The Hall–Kier alpha value is -0.150. The van der Waals surface area contributed by atoms with Gasteiger partial charge in [0.25, 0.3) is 0 Å². The maximum Gasteiger partial charge on any atom is 0.189 e.